The lowest BCUT2D eigenvalue weighted by atomic mass is 10.1. The predicted octanol–water partition coefficient (Wildman–Crippen LogP) is 3.56. The highest BCUT2D eigenvalue weighted by Gasteiger charge is 2.31. The number of likely N-dealkylation sites (N-methyl/N-ethyl adjacent to an activating group) is 1. The molecule has 21 heavy (non-hydrogen) atoms. The quantitative estimate of drug-likeness (QED) is 0.833. The highest BCUT2D eigenvalue weighted by Crippen LogP contribution is 2.29. The summed E-state index contributed by atoms with van der Waals surface area (Å²) in [5.74, 6) is 0.933. The standard InChI is InChI=1S/C18H29NO2/c1-5-19-14(2)12-15-6-8-16(9-7-15)20-13-17-10-11-18(3,4)21-17/h6-9,14,17,19H,5,10-13H2,1-4H3. The number of benzene rings is 1. The van der Waals surface area contributed by atoms with Crippen LogP contribution in [0.2, 0.25) is 0 Å². The number of hydrogen-bond donors (Lipinski definition) is 1. The first-order valence-electron chi connectivity index (χ1n) is 8.11. The van der Waals surface area contributed by atoms with E-state index in [1.165, 1.54) is 5.56 Å². The Hall–Kier alpha value is -1.06. The molecule has 0 aliphatic carbocycles. The Morgan fingerprint density at radius 2 is 2.05 bits per heavy atom. The largest absolute Gasteiger partial charge is 0.491 e. The number of hydrogen-bond acceptors (Lipinski definition) is 3. The Bertz CT molecular complexity index is 427. The van der Waals surface area contributed by atoms with Crippen LogP contribution in [0.5, 0.6) is 5.75 Å². The SMILES string of the molecule is CCNC(C)Cc1ccc(OCC2CCC(C)(C)O2)cc1. The molecule has 1 N–H and O–H groups in total. The fourth-order valence-electron chi connectivity index (χ4n) is 2.88. The second-order valence-electron chi connectivity index (χ2n) is 6.66. The van der Waals surface area contributed by atoms with Crippen LogP contribution >= 0.6 is 0 Å². The van der Waals surface area contributed by atoms with Crippen molar-refractivity contribution in [3.05, 3.63) is 29.8 Å². The first-order valence-corrected chi connectivity index (χ1v) is 8.11. The van der Waals surface area contributed by atoms with Crippen LogP contribution in [0.15, 0.2) is 24.3 Å². The summed E-state index contributed by atoms with van der Waals surface area (Å²) in [5, 5.41) is 3.43. The van der Waals surface area contributed by atoms with Gasteiger partial charge in [-0.15, -0.1) is 0 Å². The van der Waals surface area contributed by atoms with Crippen LogP contribution in [0.3, 0.4) is 0 Å². The molecule has 0 saturated carbocycles. The molecular weight excluding hydrogens is 262 g/mol. The van der Waals surface area contributed by atoms with Crippen LogP contribution in [0.25, 0.3) is 0 Å². The van der Waals surface area contributed by atoms with Crippen LogP contribution < -0.4 is 10.1 Å². The van der Waals surface area contributed by atoms with Crippen LogP contribution in [-0.2, 0) is 11.2 Å². The summed E-state index contributed by atoms with van der Waals surface area (Å²) < 4.78 is 11.8. The molecule has 1 aromatic rings. The monoisotopic (exact) mass is 291 g/mol. The third-order valence-electron chi connectivity index (χ3n) is 4.01. The lowest BCUT2D eigenvalue weighted by Gasteiger charge is -2.19. The normalized spacial score (nSPS) is 22.2. The Labute approximate surface area is 129 Å². The van der Waals surface area contributed by atoms with Gasteiger partial charge in [-0.2, -0.15) is 0 Å². The molecule has 3 heteroatoms. The molecule has 2 atom stereocenters. The first-order chi connectivity index (χ1) is 9.98. The number of rotatable bonds is 7. The van der Waals surface area contributed by atoms with Gasteiger partial charge in [0.15, 0.2) is 0 Å². The first kappa shape index (κ1) is 16.3. The molecule has 1 aromatic carbocycles. The zero-order valence-electron chi connectivity index (χ0n) is 13.8. The van der Waals surface area contributed by atoms with Crippen molar-refractivity contribution in [2.75, 3.05) is 13.2 Å². The summed E-state index contributed by atoms with van der Waals surface area (Å²) in [7, 11) is 0. The van der Waals surface area contributed by atoms with E-state index in [2.05, 4.69) is 57.3 Å². The Balaban J connectivity index is 1.77. The maximum atomic E-state index is 5.94. The minimum atomic E-state index is 0.0142. The van der Waals surface area contributed by atoms with Gasteiger partial charge in [0.25, 0.3) is 0 Å². The molecule has 2 unspecified atom stereocenters. The summed E-state index contributed by atoms with van der Waals surface area (Å²) in [6, 6.07) is 8.95. The minimum Gasteiger partial charge on any atom is -0.491 e. The molecule has 0 aromatic heterocycles. The molecule has 0 radical (unpaired) electrons. The van der Waals surface area contributed by atoms with E-state index in [0.29, 0.717) is 12.6 Å². The van der Waals surface area contributed by atoms with E-state index in [0.717, 1.165) is 31.6 Å². The van der Waals surface area contributed by atoms with Crippen molar-refractivity contribution in [3.8, 4) is 5.75 Å². The molecule has 1 aliphatic heterocycles. The summed E-state index contributed by atoms with van der Waals surface area (Å²) in [5.41, 5.74) is 1.36. The molecule has 0 spiro atoms. The third kappa shape index (κ3) is 5.33. The van der Waals surface area contributed by atoms with Crippen molar-refractivity contribution >= 4 is 0 Å². The van der Waals surface area contributed by atoms with Crippen molar-refractivity contribution < 1.29 is 9.47 Å². The average molecular weight is 291 g/mol. The van der Waals surface area contributed by atoms with Crippen molar-refractivity contribution in [1.82, 2.24) is 5.32 Å². The highest BCUT2D eigenvalue weighted by molar-refractivity contribution is 5.27. The number of ether oxygens (including phenoxy) is 2. The maximum Gasteiger partial charge on any atom is 0.119 e. The highest BCUT2D eigenvalue weighted by atomic mass is 16.6. The van der Waals surface area contributed by atoms with E-state index in [4.69, 9.17) is 9.47 Å². The van der Waals surface area contributed by atoms with Crippen molar-refractivity contribution in [2.24, 2.45) is 0 Å². The lowest BCUT2D eigenvalue weighted by molar-refractivity contribution is -0.0326. The molecule has 118 valence electrons. The Morgan fingerprint density at radius 1 is 1.33 bits per heavy atom. The average Bonchev–Trinajstić information content (AvgIpc) is 2.78. The van der Waals surface area contributed by atoms with Crippen molar-refractivity contribution in [3.63, 3.8) is 0 Å². The van der Waals surface area contributed by atoms with Crippen LogP contribution in [0.4, 0.5) is 0 Å². The van der Waals surface area contributed by atoms with E-state index < -0.39 is 0 Å². The molecule has 1 saturated heterocycles. The van der Waals surface area contributed by atoms with Gasteiger partial charge in [0, 0.05) is 6.04 Å². The van der Waals surface area contributed by atoms with E-state index >= 15 is 0 Å². The second kappa shape index (κ2) is 7.28. The van der Waals surface area contributed by atoms with Crippen LogP contribution in [0, 0.1) is 0 Å². The van der Waals surface area contributed by atoms with Gasteiger partial charge in [-0.3, -0.25) is 0 Å². The maximum absolute atomic E-state index is 5.94. The summed E-state index contributed by atoms with van der Waals surface area (Å²) >= 11 is 0. The van der Waals surface area contributed by atoms with Crippen LogP contribution in [-0.4, -0.2) is 30.9 Å². The predicted molar refractivity (Wildman–Crippen MR) is 87.0 cm³/mol. The van der Waals surface area contributed by atoms with Crippen molar-refractivity contribution in [1.29, 1.82) is 0 Å². The van der Waals surface area contributed by atoms with Gasteiger partial charge in [-0.05, 0) is 64.3 Å². The van der Waals surface area contributed by atoms with Gasteiger partial charge in [0.1, 0.15) is 12.4 Å². The molecule has 1 fully saturated rings. The van der Waals surface area contributed by atoms with Gasteiger partial charge in [0.2, 0.25) is 0 Å². The Kier molecular flexibility index (Phi) is 5.65. The molecule has 1 aliphatic rings. The fraction of sp³-hybridized carbons (Fsp3) is 0.667. The molecule has 3 nitrogen and oxygen atoms in total. The van der Waals surface area contributed by atoms with Gasteiger partial charge < -0.3 is 14.8 Å². The van der Waals surface area contributed by atoms with Crippen LogP contribution in [0.1, 0.15) is 46.1 Å². The zero-order chi connectivity index (χ0) is 15.3. The molecule has 0 amide bonds. The lowest BCUT2D eigenvalue weighted by Crippen LogP contribution is -2.27. The van der Waals surface area contributed by atoms with E-state index in [-0.39, 0.29) is 11.7 Å². The fourth-order valence-corrected chi connectivity index (χ4v) is 2.88. The second-order valence-corrected chi connectivity index (χ2v) is 6.66. The summed E-state index contributed by atoms with van der Waals surface area (Å²) in [6.07, 6.45) is 3.48. The minimum absolute atomic E-state index is 0.0142. The summed E-state index contributed by atoms with van der Waals surface area (Å²) in [6.45, 7) is 10.3. The Morgan fingerprint density at radius 3 is 2.62 bits per heavy atom. The molecule has 0 bridgehead atoms. The third-order valence-corrected chi connectivity index (χ3v) is 4.01. The van der Waals surface area contributed by atoms with Gasteiger partial charge in [-0.1, -0.05) is 19.1 Å². The molecule has 2 rings (SSSR count). The van der Waals surface area contributed by atoms with Gasteiger partial charge >= 0.3 is 0 Å². The van der Waals surface area contributed by atoms with E-state index in [9.17, 15) is 0 Å². The number of nitrogens with one attached hydrogen (secondary N) is 1. The van der Waals surface area contributed by atoms with Crippen molar-refractivity contribution in [2.45, 2.75) is 64.7 Å². The molecular formula is C18H29NO2. The molecule has 1 heterocycles. The van der Waals surface area contributed by atoms with E-state index in [1.54, 1.807) is 0 Å². The topological polar surface area (TPSA) is 30.5 Å². The zero-order valence-corrected chi connectivity index (χ0v) is 13.8. The summed E-state index contributed by atoms with van der Waals surface area (Å²) in [4.78, 5) is 0. The smallest absolute Gasteiger partial charge is 0.119 e. The van der Waals surface area contributed by atoms with Gasteiger partial charge in [0.05, 0.1) is 11.7 Å². The van der Waals surface area contributed by atoms with E-state index in [1.807, 2.05) is 0 Å². The van der Waals surface area contributed by atoms with Gasteiger partial charge in [-0.25, -0.2) is 0 Å².